The normalized spacial score (nSPS) is 14.2. The van der Waals surface area contributed by atoms with Crippen LogP contribution in [-0.4, -0.2) is 38.3 Å². The van der Waals surface area contributed by atoms with Gasteiger partial charge in [0.1, 0.15) is 11.5 Å². The summed E-state index contributed by atoms with van der Waals surface area (Å²) >= 11 is 0. The summed E-state index contributed by atoms with van der Waals surface area (Å²) in [6.07, 6.45) is 8.70. The van der Waals surface area contributed by atoms with Crippen molar-refractivity contribution in [2.45, 2.75) is 26.7 Å². The van der Waals surface area contributed by atoms with E-state index in [1.807, 2.05) is 0 Å². The molecular weight excluding hydrogens is 335 g/mol. The number of anilines is 2. The molecule has 4 heterocycles. The molecule has 1 amide bonds. The van der Waals surface area contributed by atoms with Crippen LogP contribution in [0.4, 0.5) is 15.9 Å². The monoisotopic (exact) mass is 354 g/mol. The molecule has 1 aliphatic rings. The van der Waals surface area contributed by atoms with Gasteiger partial charge < -0.3 is 14.6 Å². The Morgan fingerprint density at radius 2 is 1.92 bits per heavy atom. The van der Waals surface area contributed by atoms with Crippen LogP contribution >= 0.6 is 0 Å². The molecule has 0 unspecified atom stereocenters. The summed E-state index contributed by atoms with van der Waals surface area (Å²) in [6, 6.07) is 0. The molecule has 0 saturated carbocycles. The maximum atomic E-state index is 14.5. The minimum atomic E-state index is -0.452. The zero-order valence-corrected chi connectivity index (χ0v) is 14.7. The summed E-state index contributed by atoms with van der Waals surface area (Å²) in [6.45, 7) is 5.32. The summed E-state index contributed by atoms with van der Waals surface area (Å²) in [7, 11) is 0. The van der Waals surface area contributed by atoms with E-state index in [1.54, 1.807) is 36.8 Å². The van der Waals surface area contributed by atoms with Gasteiger partial charge in [0, 0.05) is 31.0 Å². The standard InChI is InChI=1S/C18H19FN6O/c1-11-9-25-10-14(12(2)16(19)17(25)22-11)23-18(26)13-7-21-15(8-20-13)24-5-3-4-6-24/h7-10H,3-6H2,1-2H3,(H,23,26). The van der Waals surface area contributed by atoms with Crippen LogP contribution in [0.15, 0.2) is 24.8 Å². The summed E-state index contributed by atoms with van der Waals surface area (Å²) in [4.78, 5) is 27.3. The Labute approximate surface area is 149 Å². The van der Waals surface area contributed by atoms with Crippen LogP contribution in [0.25, 0.3) is 5.65 Å². The number of hydrogen-bond acceptors (Lipinski definition) is 5. The fourth-order valence-electron chi connectivity index (χ4n) is 3.16. The molecule has 3 aromatic heterocycles. The molecule has 0 aromatic carbocycles. The molecule has 7 nitrogen and oxygen atoms in total. The first-order valence-corrected chi connectivity index (χ1v) is 8.55. The molecule has 134 valence electrons. The third-order valence-corrected chi connectivity index (χ3v) is 4.60. The lowest BCUT2D eigenvalue weighted by Gasteiger charge is -2.15. The second kappa shape index (κ2) is 6.36. The molecule has 4 rings (SSSR count). The first-order valence-electron chi connectivity index (χ1n) is 8.55. The molecule has 1 saturated heterocycles. The quantitative estimate of drug-likeness (QED) is 0.783. The number of hydrogen-bond donors (Lipinski definition) is 1. The summed E-state index contributed by atoms with van der Waals surface area (Å²) in [5, 5.41) is 2.71. The van der Waals surface area contributed by atoms with E-state index in [-0.39, 0.29) is 11.3 Å². The van der Waals surface area contributed by atoms with E-state index in [0.29, 0.717) is 16.9 Å². The Morgan fingerprint density at radius 1 is 1.15 bits per heavy atom. The third-order valence-electron chi connectivity index (χ3n) is 4.60. The second-order valence-corrected chi connectivity index (χ2v) is 6.50. The van der Waals surface area contributed by atoms with Crippen molar-refractivity contribution in [1.29, 1.82) is 0 Å². The van der Waals surface area contributed by atoms with Crippen LogP contribution < -0.4 is 10.2 Å². The fourth-order valence-corrected chi connectivity index (χ4v) is 3.16. The van der Waals surface area contributed by atoms with E-state index < -0.39 is 11.7 Å². The lowest BCUT2D eigenvalue weighted by atomic mass is 10.2. The molecule has 3 aromatic rings. The largest absolute Gasteiger partial charge is 0.355 e. The zero-order valence-electron chi connectivity index (χ0n) is 14.7. The molecule has 26 heavy (non-hydrogen) atoms. The Balaban J connectivity index is 1.57. The van der Waals surface area contributed by atoms with Gasteiger partial charge in [0.25, 0.3) is 5.91 Å². The van der Waals surface area contributed by atoms with Crippen LogP contribution in [0.3, 0.4) is 0 Å². The highest BCUT2D eigenvalue weighted by Crippen LogP contribution is 2.23. The molecule has 0 atom stereocenters. The van der Waals surface area contributed by atoms with Crippen LogP contribution in [0.5, 0.6) is 0 Å². The van der Waals surface area contributed by atoms with Gasteiger partial charge >= 0.3 is 0 Å². The van der Waals surface area contributed by atoms with Crippen molar-refractivity contribution in [3.05, 3.63) is 47.6 Å². The van der Waals surface area contributed by atoms with Crippen LogP contribution in [0.2, 0.25) is 0 Å². The van der Waals surface area contributed by atoms with Gasteiger partial charge in [0.2, 0.25) is 0 Å². The van der Waals surface area contributed by atoms with Gasteiger partial charge in [0.15, 0.2) is 11.5 Å². The van der Waals surface area contributed by atoms with E-state index in [2.05, 4.69) is 25.2 Å². The Kier molecular flexibility index (Phi) is 4.02. The molecule has 1 fully saturated rings. The number of pyridine rings is 1. The number of imidazole rings is 1. The SMILES string of the molecule is Cc1cn2cc(NC(=O)c3cnc(N4CCCC4)cn3)c(C)c(F)c2n1. The topological polar surface area (TPSA) is 75.4 Å². The van der Waals surface area contributed by atoms with E-state index >= 15 is 0 Å². The van der Waals surface area contributed by atoms with Crippen molar-refractivity contribution in [1.82, 2.24) is 19.4 Å². The van der Waals surface area contributed by atoms with E-state index in [0.717, 1.165) is 31.7 Å². The van der Waals surface area contributed by atoms with Gasteiger partial charge in [-0.15, -0.1) is 0 Å². The maximum absolute atomic E-state index is 14.5. The molecule has 0 bridgehead atoms. The summed E-state index contributed by atoms with van der Waals surface area (Å²) < 4.78 is 16.0. The number of aromatic nitrogens is 4. The van der Waals surface area contributed by atoms with Gasteiger partial charge in [0.05, 0.1) is 23.8 Å². The highest BCUT2D eigenvalue weighted by Gasteiger charge is 2.17. The highest BCUT2D eigenvalue weighted by atomic mass is 19.1. The van der Waals surface area contributed by atoms with Gasteiger partial charge in [-0.3, -0.25) is 4.79 Å². The van der Waals surface area contributed by atoms with Crippen molar-refractivity contribution >= 4 is 23.1 Å². The number of amides is 1. The molecule has 1 aliphatic heterocycles. The minimum Gasteiger partial charge on any atom is -0.355 e. The molecule has 0 spiro atoms. The van der Waals surface area contributed by atoms with Gasteiger partial charge in [-0.25, -0.2) is 19.3 Å². The summed E-state index contributed by atoms with van der Waals surface area (Å²) in [5.74, 6) is -0.105. The van der Waals surface area contributed by atoms with Gasteiger partial charge in [-0.1, -0.05) is 0 Å². The minimum absolute atomic E-state index is 0.190. The first kappa shape index (κ1) is 16.4. The highest BCUT2D eigenvalue weighted by molar-refractivity contribution is 6.03. The number of carbonyl (C=O) groups is 1. The molecule has 0 radical (unpaired) electrons. The number of rotatable bonds is 3. The molecule has 0 aliphatic carbocycles. The number of fused-ring (bicyclic) bond motifs is 1. The number of halogens is 1. The van der Waals surface area contributed by atoms with Crippen molar-refractivity contribution < 1.29 is 9.18 Å². The van der Waals surface area contributed by atoms with Crippen molar-refractivity contribution in [3.63, 3.8) is 0 Å². The van der Waals surface area contributed by atoms with E-state index in [4.69, 9.17) is 0 Å². The van der Waals surface area contributed by atoms with Crippen LogP contribution in [-0.2, 0) is 0 Å². The molecule has 1 N–H and O–H groups in total. The first-order chi connectivity index (χ1) is 12.5. The number of carbonyl (C=O) groups excluding carboxylic acids is 1. The maximum Gasteiger partial charge on any atom is 0.275 e. The predicted molar refractivity (Wildman–Crippen MR) is 96.1 cm³/mol. The van der Waals surface area contributed by atoms with Gasteiger partial charge in [-0.05, 0) is 26.7 Å². The van der Waals surface area contributed by atoms with Crippen molar-refractivity contribution in [2.75, 3.05) is 23.3 Å². The van der Waals surface area contributed by atoms with Gasteiger partial charge in [-0.2, -0.15) is 0 Å². The Morgan fingerprint density at radius 3 is 2.62 bits per heavy atom. The van der Waals surface area contributed by atoms with Crippen LogP contribution in [0.1, 0.15) is 34.6 Å². The molecular formula is C18H19FN6O. The van der Waals surface area contributed by atoms with Crippen LogP contribution in [0, 0.1) is 19.7 Å². The number of aryl methyl sites for hydroxylation is 1. The van der Waals surface area contributed by atoms with E-state index in [9.17, 15) is 9.18 Å². The summed E-state index contributed by atoms with van der Waals surface area (Å²) in [5.41, 5.74) is 1.85. The number of nitrogens with zero attached hydrogens (tertiary/aromatic N) is 5. The third kappa shape index (κ3) is 2.87. The average molecular weight is 354 g/mol. The Hall–Kier alpha value is -3.03. The lowest BCUT2D eigenvalue weighted by Crippen LogP contribution is -2.21. The smallest absolute Gasteiger partial charge is 0.275 e. The average Bonchev–Trinajstić information content (AvgIpc) is 3.29. The van der Waals surface area contributed by atoms with Crippen molar-refractivity contribution in [2.24, 2.45) is 0 Å². The Bertz CT molecular complexity index is 976. The fraction of sp³-hybridized carbons (Fsp3) is 0.333. The lowest BCUT2D eigenvalue weighted by molar-refractivity contribution is 0.102. The zero-order chi connectivity index (χ0) is 18.3. The predicted octanol–water partition coefficient (Wildman–Crippen LogP) is 2.73. The molecule has 8 heteroatoms. The second-order valence-electron chi connectivity index (χ2n) is 6.50. The van der Waals surface area contributed by atoms with Crippen molar-refractivity contribution in [3.8, 4) is 0 Å². The number of nitrogens with one attached hydrogen (secondary N) is 1. The van der Waals surface area contributed by atoms with E-state index in [1.165, 1.54) is 6.20 Å².